The van der Waals surface area contributed by atoms with E-state index in [1.165, 1.54) is 24.4 Å². The SMILES string of the molecule is O=C(O)c1ccc(COc2ccc(Br)cc2C=NNC(=O)c2cc3ccccc3cc2O)cc1. The molecule has 1 amide bonds. The van der Waals surface area contributed by atoms with E-state index >= 15 is 0 Å². The predicted octanol–water partition coefficient (Wildman–Crippen LogP) is 5.35. The summed E-state index contributed by atoms with van der Waals surface area (Å²) in [6.45, 7) is 0.222. The molecule has 0 aliphatic rings. The lowest BCUT2D eigenvalue weighted by molar-refractivity contribution is 0.0696. The van der Waals surface area contributed by atoms with Gasteiger partial charge in [0.2, 0.25) is 0 Å². The monoisotopic (exact) mass is 518 g/mol. The van der Waals surface area contributed by atoms with E-state index in [1.807, 2.05) is 30.3 Å². The Kier molecular flexibility index (Phi) is 6.89. The van der Waals surface area contributed by atoms with Crippen molar-refractivity contribution in [2.24, 2.45) is 5.10 Å². The van der Waals surface area contributed by atoms with Crippen molar-refractivity contribution in [2.75, 3.05) is 0 Å². The summed E-state index contributed by atoms with van der Waals surface area (Å²) in [5.74, 6) is -1.14. The Balaban J connectivity index is 1.46. The molecule has 0 bridgehead atoms. The third kappa shape index (κ3) is 5.41. The van der Waals surface area contributed by atoms with Crippen molar-refractivity contribution in [3.8, 4) is 11.5 Å². The fourth-order valence-corrected chi connectivity index (χ4v) is 3.67. The minimum atomic E-state index is -0.988. The molecule has 0 atom stereocenters. The number of phenolic OH excluding ortho intramolecular Hbond substituents is 1. The van der Waals surface area contributed by atoms with Gasteiger partial charge < -0.3 is 14.9 Å². The summed E-state index contributed by atoms with van der Waals surface area (Å²) in [6, 6.07) is 22.3. The molecule has 3 N–H and O–H groups in total. The number of ether oxygens (including phenoxy) is 1. The van der Waals surface area contributed by atoms with Gasteiger partial charge in [-0.05, 0) is 58.8 Å². The molecule has 7 nitrogen and oxygen atoms in total. The topological polar surface area (TPSA) is 108 Å². The van der Waals surface area contributed by atoms with Crippen LogP contribution >= 0.6 is 15.9 Å². The van der Waals surface area contributed by atoms with Crippen molar-refractivity contribution in [3.63, 3.8) is 0 Å². The van der Waals surface area contributed by atoms with E-state index in [0.29, 0.717) is 11.3 Å². The Bertz CT molecular complexity index is 1400. The number of carbonyl (C=O) groups is 2. The number of nitrogens with zero attached hydrogens (tertiary/aromatic N) is 1. The number of halogens is 1. The first-order valence-electron chi connectivity index (χ1n) is 10.2. The average molecular weight is 519 g/mol. The van der Waals surface area contributed by atoms with E-state index < -0.39 is 11.9 Å². The highest BCUT2D eigenvalue weighted by Gasteiger charge is 2.12. The molecule has 0 saturated heterocycles. The van der Waals surface area contributed by atoms with Crippen LogP contribution in [0, 0.1) is 0 Å². The normalized spacial score (nSPS) is 11.0. The van der Waals surface area contributed by atoms with Gasteiger partial charge in [-0.15, -0.1) is 0 Å². The number of hydrogen-bond acceptors (Lipinski definition) is 5. The van der Waals surface area contributed by atoms with Crippen LogP contribution in [0.3, 0.4) is 0 Å². The van der Waals surface area contributed by atoms with Crippen molar-refractivity contribution >= 4 is 44.8 Å². The number of benzene rings is 4. The molecule has 0 aromatic heterocycles. The molecule has 0 unspecified atom stereocenters. The van der Waals surface area contributed by atoms with Crippen LogP contribution in [0.4, 0.5) is 0 Å². The summed E-state index contributed by atoms with van der Waals surface area (Å²) in [6.07, 6.45) is 1.45. The van der Waals surface area contributed by atoms with Gasteiger partial charge in [-0.1, -0.05) is 52.3 Å². The zero-order valence-corrected chi connectivity index (χ0v) is 19.3. The number of phenols is 1. The van der Waals surface area contributed by atoms with Gasteiger partial charge in [-0.3, -0.25) is 4.79 Å². The quantitative estimate of drug-likeness (QED) is 0.225. The number of carbonyl (C=O) groups excluding carboxylic acids is 1. The van der Waals surface area contributed by atoms with Crippen LogP contribution in [0.2, 0.25) is 0 Å². The first kappa shape index (κ1) is 23.0. The molecule has 170 valence electrons. The summed E-state index contributed by atoms with van der Waals surface area (Å²) in [5.41, 5.74) is 4.17. The van der Waals surface area contributed by atoms with Crippen LogP contribution in [-0.4, -0.2) is 28.3 Å². The standard InChI is InChI=1S/C26H19BrN2O5/c27-21-9-10-24(34-15-16-5-7-17(8-6-16)26(32)33)20(11-21)14-28-29-25(31)22-12-18-3-1-2-4-19(18)13-23(22)30/h1-14,30H,15H2,(H,29,31)(H,32,33). The summed E-state index contributed by atoms with van der Waals surface area (Å²) in [5, 5.41) is 24.9. The Labute approximate surface area is 203 Å². The van der Waals surface area contributed by atoms with Crippen LogP contribution in [0.15, 0.2) is 88.4 Å². The number of rotatable bonds is 7. The molecule has 4 aromatic rings. The number of aromatic carboxylic acids is 1. The lowest BCUT2D eigenvalue weighted by Crippen LogP contribution is -2.17. The molecule has 4 aromatic carbocycles. The number of hydrogen-bond donors (Lipinski definition) is 3. The minimum absolute atomic E-state index is 0.117. The second-order valence-electron chi connectivity index (χ2n) is 7.39. The fourth-order valence-electron chi connectivity index (χ4n) is 3.29. The van der Waals surface area contributed by atoms with Gasteiger partial charge in [0.05, 0.1) is 17.3 Å². The Morgan fingerprint density at radius 3 is 2.38 bits per heavy atom. The molecule has 0 aliphatic carbocycles. The molecule has 0 heterocycles. The van der Waals surface area contributed by atoms with E-state index in [1.54, 1.807) is 30.3 Å². The van der Waals surface area contributed by atoms with Crippen LogP contribution in [0.25, 0.3) is 10.8 Å². The fraction of sp³-hybridized carbons (Fsp3) is 0.0385. The smallest absolute Gasteiger partial charge is 0.335 e. The number of carboxylic acids is 1. The number of amides is 1. The van der Waals surface area contributed by atoms with Gasteiger partial charge in [-0.2, -0.15) is 5.10 Å². The molecule has 34 heavy (non-hydrogen) atoms. The predicted molar refractivity (Wildman–Crippen MR) is 133 cm³/mol. The average Bonchev–Trinajstić information content (AvgIpc) is 2.83. The van der Waals surface area contributed by atoms with E-state index in [-0.39, 0.29) is 23.5 Å². The van der Waals surface area contributed by atoms with Crippen molar-refractivity contribution < 1.29 is 24.5 Å². The van der Waals surface area contributed by atoms with E-state index in [2.05, 4.69) is 26.5 Å². The third-order valence-corrected chi connectivity index (χ3v) is 5.54. The van der Waals surface area contributed by atoms with Crippen molar-refractivity contribution in [3.05, 3.63) is 106 Å². The Morgan fingerprint density at radius 2 is 1.68 bits per heavy atom. The highest BCUT2D eigenvalue weighted by molar-refractivity contribution is 9.10. The highest BCUT2D eigenvalue weighted by Crippen LogP contribution is 2.25. The number of hydrazone groups is 1. The molecule has 0 saturated carbocycles. The largest absolute Gasteiger partial charge is 0.507 e. The second-order valence-corrected chi connectivity index (χ2v) is 8.30. The zero-order valence-electron chi connectivity index (χ0n) is 17.7. The van der Waals surface area contributed by atoms with Crippen LogP contribution in [0.1, 0.15) is 31.8 Å². The van der Waals surface area contributed by atoms with Gasteiger partial charge in [0.25, 0.3) is 5.91 Å². The van der Waals surface area contributed by atoms with Gasteiger partial charge in [0.1, 0.15) is 18.1 Å². The number of fused-ring (bicyclic) bond motifs is 1. The van der Waals surface area contributed by atoms with Crippen LogP contribution in [0.5, 0.6) is 11.5 Å². The van der Waals surface area contributed by atoms with E-state index in [0.717, 1.165) is 20.8 Å². The first-order chi connectivity index (χ1) is 16.4. The molecule has 4 rings (SSSR count). The molecule has 0 fully saturated rings. The Hall–Kier alpha value is -4.17. The van der Waals surface area contributed by atoms with Gasteiger partial charge >= 0.3 is 5.97 Å². The molecular formula is C26H19BrN2O5. The van der Waals surface area contributed by atoms with Crippen LogP contribution < -0.4 is 10.2 Å². The van der Waals surface area contributed by atoms with Gasteiger partial charge in [0.15, 0.2) is 0 Å². The minimum Gasteiger partial charge on any atom is -0.507 e. The van der Waals surface area contributed by atoms with Gasteiger partial charge in [-0.25, -0.2) is 10.2 Å². The van der Waals surface area contributed by atoms with Gasteiger partial charge in [0, 0.05) is 10.0 Å². The lowest BCUT2D eigenvalue weighted by Gasteiger charge is -2.10. The molecule has 0 spiro atoms. The molecule has 8 heteroatoms. The first-order valence-corrected chi connectivity index (χ1v) is 11.0. The maximum absolute atomic E-state index is 12.6. The second kappa shape index (κ2) is 10.2. The van der Waals surface area contributed by atoms with Crippen molar-refractivity contribution in [1.29, 1.82) is 0 Å². The zero-order chi connectivity index (χ0) is 24.1. The summed E-state index contributed by atoms with van der Waals surface area (Å²) >= 11 is 3.41. The van der Waals surface area contributed by atoms with E-state index in [9.17, 15) is 14.7 Å². The maximum Gasteiger partial charge on any atom is 0.335 e. The molecular weight excluding hydrogens is 500 g/mol. The van der Waals surface area contributed by atoms with Crippen molar-refractivity contribution in [2.45, 2.75) is 6.61 Å². The summed E-state index contributed by atoms with van der Waals surface area (Å²) < 4.78 is 6.67. The van der Waals surface area contributed by atoms with Crippen LogP contribution in [-0.2, 0) is 6.61 Å². The Morgan fingerprint density at radius 1 is 0.971 bits per heavy atom. The van der Waals surface area contributed by atoms with E-state index in [4.69, 9.17) is 9.84 Å². The summed E-state index contributed by atoms with van der Waals surface area (Å²) in [7, 11) is 0. The van der Waals surface area contributed by atoms with Crippen molar-refractivity contribution in [1.82, 2.24) is 5.43 Å². The summed E-state index contributed by atoms with van der Waals surface area (Å²) in [4.78, 5) is 23.6. The maximum atomic E-state index is 12.6. The lowest BCUT2D eigenvalue weighted by atomic mass is 10.1. The number of carboxylic acid groups (broad SMARTS) is 1. The molecule has 0 radical (unpaired) electrons. The molecule has 0 aliphatic heterocycles. The number of nitrogens with one attached hydrogen (secondary N) is 1. The highest BCUT2D eigenvalue weighted by atomic mass is 79.9. The third-order valence-electron chi connectivity index (χ3n) is 5.05. The number of aromatic hydroxyl groups is 1.